The second-order valence-electron chi connectivity index (χ2n) is 4.95. The molecular formula is C17H20N2O2. The van der Waals surface area contributed by atoms with Crippen molar-refractivity contribution < 1.29 is 5.11 Å². The van der Waals surface area contributed by atoms with Gasteiger partial charge in [0.1, 0.15) is 5.82 Å². The van der Waals surface area contributed by atoms with Crippen LogP contribution in [0, 0.1) is 0 Å². The second-order valence-corrected chi connectivity index (χ2v) is 4.95. The summed E-state index contributed by atoms with van der Waals surface area (Å²) in [4.78, 5) is 18.9. The average Bonchev–Trinajstić information content (AvgIpc) is 2.50. The van der Waals surface area contributed by atoms with Gasteiger partial charge >= 0.3 is 0 Å². The summed E-state index contributed by atoms with van der Waals surface area (Å²) in [5.41, 5.74) is 1.13. The van der Waals surface area contributed by atoms with E-state index in [0.29, 0.717) is 11.4 Å². The van der Waals surface area contributed by atoms with Crippen LogP contribution in [0.4, 0.5) is 0 Å². The zero-order valence-corrected chi connectivity index (χ0v) is 12.3. The molecule has 2 N–H and O–H groups in total. The van der Waals surface area contributed by atoms with Crippen molar-refractivity contribution >= 4 is 12.2 Å². The molecule has 1 aromatic carbocycles. The SMILES string of the molecule is CCC(CC)c1c(O)nc(C=Cc2ccccc2)[nH]c1=O. The Labute approximate surface area is 124 Å². The molecule has 1 aromatic heterocycles. The first-order chi connectivity index (χ1) is 10.2. The van der Waals surface area contributed by atoms with E-state index < -0.39 is 0 Å². The van der Waals surface area contributed by atoms with Crippen LogP contribution in [0.5, 0.6) is 5.88 Å². The fourth-order valence-electron chi connectivity index (χ4n) is 2.37. The number of hydrogen-bond donors (Lipinski definition) is 2. The van der Waals surface area contributed by atoms with Crippen LogP contribution in [-0.4, -0.2) is 15.1 Å². The molecule has 0 atom stereocenters. The van der Waals surface area contributed by atoms with Crippen molar-refractivity contribution in [1.82, 2.24) is 9.97 Å². The third kappa shape index (κ3) is 3.60. The molecule has 4 nitrogen and oxygen atoms in total. The number of aromatic hydroxyl groups is 1. The Kier molecular flexibility index (Phi) is 4.93. The third-order valence-electron chi connectivity index (χ3n) is 3.58. The standard InChI is InChI=1S/C17H20N2O2/c1-3-13(4-2)15-16(20)18-14(19-17(15)21)11-10-12-8-6-5-7-9-12/h5-11,13H,3-4H2,1-2H3,(H2,18,19,20,21). The molecule has 0 saturated heterocycles. The number of benzene rings is 1. The highest BCUT2D eigenvalue weighted by molar-refractivity contribution is 5.66. The summed E-state index contributed by atoms with van der Waals surface area (Å²) >= 11 is 0. The number of nitrogens with zero attached hydrogens (tertiary/aromatic N) is 1. The van der Waals surface area contributed by atoms with Crippen LogP contribution in [-0.2, 0) is 0 Å². The van der Waals surface area contributed by atoms with Gasteiger partial charge in [0.15, 0.2) is 0 Å². The summed E-state index contributed by atoms with van der Waals surface area (Å²) in [6, 6.07) is 9.71. The molecule has 0 saturated carbocycles. The molecule has 2 rings (SSSR count). The van der Waals surface area contributed by atoms with E-state index in [-0.39, 0.29) is 17.4 Å². The number of H-pyrrole nitrogens is 1. The van der Waals surface area contributed by atoms with E-state index in [9.17, 15) is 9.90 Å². The number of aromatic amines is 1. The minimum Gasteiger partial charge on any atom is -0.493 e. The Hall–Kier alpha value is -2.36. The minimum atomic E-state index is -0.260. The van der Waals surface area contributed by atoms with Crippen LogP contribution in [0.25, 0.3) is 12.2 Å². The van der Waals surface area contributed by atoms with E-state index in [2.05, 4.69) is 9.97 Å². The van der Waals surface area contributed by atoms with Gasteiger partial charge in [0, 0.05) is 0 Å². The third-order valence-corrected chi connectivity index (χ3v) is 3.58. The van der Waals surface area contributed by atoms with Gasteiger partial charge in [0.05, 0.1) is 5.56 Å². The highest BCUT2D eigenvalue weighted by Gasteiger charge is 2.17. The fraction of sp³-hybridized carbons (Fsp3) is 0.294. The molecule has 110 valence electrons. The Morgan fingerprint density at radius 3 is 2.43 bits per heavy atom. The minimum absolute atomic E-state index is 0.0356. The maximum atomic E-state index is 12.1. The number of hydrogen-bond acceptors (Lipinski definition) is 3. The van der Waals surface area contributed by atoms with Crippen molar-refractivity contribution in [3.05, 3.63) is 57.6 Å². The monoisotopic (exact) mass is 284 g/mol. The molecule has 0 unspecified atom stereocenters. The lowest BCUT2D eigenvalue weighted by molar-refractivity contribution is 0.431. The van der Waals surface area contributed by atoms with Gasteiger partial charge in [0.2, 0.25) is 5.88 Å². The Bertz CT molecular complexity index is 671. The summed E-state index contributed by atoms with van der Waals surface area (Å²) in [6.45, 7) is 3.99. The zero-order chi connectivity index (χ0) is 15.2. The fourth-order valence-corrected chi connectivity index (χ4v) is 2.37. The molecule has 0 bridgehead atoms. The van der Waals surface area contributed by atoms with Crippen LogP contribution in [0.3, 0.4) is 0 Å². The van der Waals surface area contributed by atoms with E-state index in [1.54, 1.807) is 6.08 Å². The van der Waals surface area contributed by atoms with Gasteiger partial charge in [-0.1, -0.05) is 50.3 Å². The van der Waals surface area contributed by atoms with Gasteiger partial charge in [-0.25, -0.2) is 0 Å². The lowest BCUT2D eigenvalue weighted by atomic mass is 9.96. The van der Waals surface area contributed by atoms with Gasteiger partial charge in [0.25, 0.3) is 5.56 Å². The van der Waals surface area contributed by atoms with Crippen molar-refractivity contribution in [2.24, 2.45) is 0 Å². The molecule has 0 radical (unpaired) electrons. The van der Waals surface area contributed by atoms with Crippen LogP contribution >= 0.6 is 0 Å². The highest BCUT2D eigenvalue weighted by Crippen LogP contribution is 2.25. The van der Waals surface area contributed by atoms with Gasteiger partial charge in [-0.3, -0.25) is 4.79 Å². The molecule has 21 heavy (non-hydrogen) atoms. The molecule has 0 aliphatic carbocycles. The van der Waals surface area contributed by atoms with Crippen molar-refractivity contribution in [2.75, 3.05) is 0 Å². The van der Waals surface area contributed by atoms with Crippen LogP contribution in [0.15, 0.2) is 35.1 Å². The first kappa shape index (κ1) is 15.0. The van der Waals surface area contributed by atoms with E-state index in [1.165, 1.54) is 0 Å². The first-order valence-electron chi connectivity index (χ1n) is 7.22. The molecule has 1 heterocycles. The lowest BCUT2D eigenvalue weighted by Gasteiger charge is -2.12. The Morgan fingerprint density at radius 1 is 1.19 bits per heavy atom. The quantitative estimate of drug-likeness (QED) is 0.882. The lowest BCUT2D eigenvalue weighted by Crippen LogP contribution is -2.18. The topological polar surface area (TPSA) is 66.0 Å². The molecular weight excluding hydrogens is 264 g/mol. The zero-order valence-electron chi connectivity index (χ0n) is 12.3. The van der Waals surface area contributed by atoms with Gasteiger partial charge in [-0.15, -0.1) is 0 Å². The van der Waals surface area contributed by atoms with Crippen molar-refractivity contribution in [1.29, 1.82) is 0 Å². The van der Waals surface area contributed by atoms with Gasteiger partial charge in [-0.05, 0) is 30.4 Å². The molecule has 2 aromatic rings. The predicted molar refractivity (Wildman–Crippen MR) is 85.2 cm³/mol. The molecule has 0 aliphatic heterocycles. The molecule has 0 amide bonds. The predicted octanol–water partition coefficient (Wildman–Crippen LogP) is 3.55. The summed E-state index contributed by atoms with van der Waals surface area (Å²) in [6.07, 6.45) is 5.13. The molecule has 0 aliphatic rings. The Morgan fingerprint density at radius 2 is 1.86 bits per heavy atom. The van der Waals surface area contributed by atoms with Crippen molar-refractivity contribution in [3.8, 4) is 5.88 Å². The Balaban J connectivity index is 2.32. The number of aromatic nitrogens is 2. The van der Waals surface area contributed by atoms with E-state index in [1.807, 2.05) is 50.3 Å². The van der Waals surface area contributed by atoms with Crippen molar-refractivity contribution in [2.45, 2.75) is 32.6 Å². The maximum absolute atomic E-state index is 12.1. The average molecular weight is 284 g/mol. The number of nitrogens with one attached hydrogen (secondary N) is 1. The highest BCUT2D eigenvalue weighted by atomic mass is 16.3. The molecule has 4 heteroatoms. The first-order valence-corrected chi connectivity index (χ1v) is 7.22. The van der Waals surface area contributed by atoms with Gasteiger partial charge in [-0.2, -0.15) is 4.98 Å². The maximum Gasteiger partial charge on any atom is 0.258 e. The molecule has 0 spiro atoms. The van der Waals surface area contributed by atoms with Crippen molar-refractivity contribution in [3.63, 3.8) is 0 Å². The van der Waals surface area contributed by atoms with Crippen LogP contribution in [0.1, 0.15) is 49.6 Å². The molecule has 0 fully saturated rings. The summed E-state index contributed by atoms with van der Waals surface area (Å²) < 4.78 is 0. The van der Waals surface area contributed by atoms with Crippen LogP contribution in [0.2, 0.25) is 0 Å². The largest absolute Gasteiger partial charge is 0.493 e. The summed E-state index contributed by atoms with van der Waals surface area (Å²) in [5.74, 6) is 0.227. The van der Waals surface area contributed by atoms with Gasteiger partial charge < -0.3 is 10.1 Å². The van der Waals surface area contributed by atoms with E-state index in [0.717, 1.165) is 18.4 Å². The second kappa shape index (κ2) is 6.88. The van der Waals surface area contributed by atoms with E-state index in [4.69, 9.17) is 0 Å². The normalized spacial score (nSPS) is 11.4. The smallest absolute Gasteiger partial charge is 0.258 e. The van der Waals surface area contributed by atoms with E-state index >= 15 is 0 Å². The van der Waals surface area contributed by atoms with Crippen LogP contribution < -0.4 is 5.56 Å². The number of rotatable bonds is 5. The summed E-state index contributed by atoms with van der Waals surface area (Å²) in [7, 11) is 0. The summed E-state index contributed by atoms with van der Waals surface area (Å²) in [5, 5.41) is 10.0.